The van der Waals surface area contributed by atoms with Crippen LogP contribution in [-0.4, -0.2) is 50.7 Å². The predicted molar refractivity (Wildman–Crippen MR) is 61.8 cm³/mol. The molecule has 0 spiro atoms. The molecule has 0 rings (SSSR count). The maximum absolute atomic E-state index is 11.2. The van der Waals surface area contributed by atoms with Crippen molar-refractivity contribution in [3.63, 3.8) is 0 Å². The summed E-state index contributed by atoms with van der Waals surface area (Å²) in [5.41, 5.74) is 0.474. The van der Waals surface area contributed by atoms with E-state index in [4.69, 9.17) is 4.74 Å². The number of hydrogen-bond acceptors (Lipinski definition) is 4. The molecule has 15 heavy (non-hydrogen) atoms. The van der Waals surface area contributed by atoms with E-state index in [0.29, 0.717) is 24.8 Å². The first-order valence-corrected chi connectivity index (χ1v) is 5.20. The van der Waals surface area contributed by atoms with Crippen molar-refractivity contribution in [3.05, 3.63) is 12.2 Å². The van der Waals surface area contributed by atoms with Crippen LogP contribution in [0.1, 0.15) is 13.8 Å². The van der Waals surface area contributed by atoms with Crippen molar-refractivity contribution in [2.24, 2.45) is 0 Å². The van der Waals surface area contributed by atoms with Gasteiger partial charge in [0.05, 0.1) is 6.61 Å². The average Bonchev–Trinajstić information content (AvgIpc) is 2.13. The summed E-state index contributed by atoms with van der Waals surface area (Å²) >= 11 is 0. The largest absolute Gasteiger partial charge is 0.463 e. The standard InChI is InChI=1S/C11H22N2O2/c1-6-15-11(14)9(2)7-12-10(3)8-13(4)5/h10,12H,2,6-8H2,1,3-5H3. The van der Waals surface area contributed by atoms with Gasteiger partial charge in [-0.15, -0.1) is 0 Å². The van der Waals surface area contributed by atoms with Crippen LogP contribution in [0.25, 0.3) is 0 Å². The summed E-state index contributed by atoms with van der Waals surface area (Å²) < 4.78 is 4.83. The fraction of sp³-hybridized carbons (Fsp3) is 0.727. The minimum Gasteiger partial charge on any atom is -0.463 e. The highest BCUT2D eigenvalue weighted by Gasteiger charge is 2.09. The number of rotatable bonds is 7. The van der Waals surface area contributed by atoms with Gasteiger partial charge in [0.25, 0.3) is 0 Å². The van der Waals surface area contributed by atoms with Crippen molar-refractivity contribution in [1.29, 1.82) is 0 Å². The number of nitrogens with zero attached hydrogens (tertiary/aromatic N) is 1. The summed E-state index contributed by atoms with van der Waals surface area (Å²) in [6.45, 7) is 9.33. The Morgan fingerprint density at radius 2 is 2.13 bits per heavy atom. The van der Waals surface area contributed by atoms with Gasteiger partial charge in [-0.3, -0.25) is 0 Å². The topological polar surface area (TPSA) is 41.6 Å². The fourth-order valence-corrected chi connectivity index (χ4v) is 1.22. The van der Waals surface area contributed by atoms with E-state index in [2.05, 4.69) is 23.7 Å². The molecule has 0 heterocycles. The summed E-state index contributed by atoms with van der Waals surface area (Å²) in [4.78, 5) is 13.3. The van der Waals surface area contributed by atoms with Crippen molar-refractivity contribution >= 4 is 5.97 Å². The third kappa shape index (κ3) is 7.11. The number of nitrogens with one attached hydrogen (secondary N) is 1. The quantitative estimate of drug-likeness (QED) is 0.499. The van der Waals surface area contributed by atoms with Gasteiger partial charge in [-0.1, -0.05) is 6.58 Å². The highest BCUT2D eigenvalue weighted by Crippen LogP contribution is 1.94. The van der Waals surface area contributed by atoms with Crippen LogP contribution in [0.3, 0.4) is 0 Å². The van der Waals surface area contributed by atoms with Crippen LogP contribution in [0.5, 0.6) is 0 Å². The Kier molecular flexibility index (Phi) is 6.99. The smallest absolute Gasteiger partial charge is 0.334 e. The van der Waals surface area contributed by atoms with Crippen molar-refractivity contribution in [2.45, 2.75) is 19.9 Å². The van der Waals surface area contributed by atoms with Gasteiger partial charge in [-0.05, 0) is 27.9 Å². The molecule has 0 aliphatic carbocycles. The van der Waals surface area contributed by atoms with Gasteiger partial charge in [0.15, 0.2) is 0 Å². The van der Waals surface area contributed by atoms with Crippen LogP contribution in [0, 0.1) is 0 Å². The molecule has 0 bridgehead atoms. The van der Waals surface area contributed by atoms with Crippen LogP contribution < -0.4 is 5.32 Å². The van der Waals surface area contributed by atoms with Crippen LogP contribution >= 0.6 is 0 Å². The minimum absolute atomic E-state index is 0.318. The van der Waals surface area contributed by atoms with E-state index in [1.54, 1.807) is 6.92 Å². The molecule has 0 saturated heterocycles. The number of likely N-dealkylation sites (N-methyl/N-ethyl adjacent to an activating group) is 1. The van der Waals surface area contributed by atoms with Gasteiger partial charge in [-0.25, -0.2) is 4.79 Å². The van der Waals surface area contributed by atoms with Gasteiger partial charge < -0.3 is 15.0 Å². The maximum atomic E-state index is 11.2. The van der Waals surface area contributed by atoms with Crippen molar-refractivity contribution in [1.82, 2.24) is 10.2 Å². The Balaban J connectivity index is 3.75. The van der Waals surface area contributed by atoms with Crippen molar-refractivity contribution < 1.29 is 9.53 Å². The van der Waals surface area contributed by atoms with E-state index in [1.165, 1.54) is 0 Å². The van der Waals surface area contributed by atoms with Crippen molar-refractivity contribution in [2.75, 3.05) is 33.8 Å². The monoisotopic (exact) mass is 214 g/mol. The SMILES string of the molecule is C=C(CNC(C)CN(C)C)C(=O)OCC. The van der Waals surface area contributed by atoms with E-state index < -0.39 is 0 Å². The zero-order valence-electron chi connectivity index (χ0n) is 10.2. The first-order valence-electron chi connectivity index (χ1n) is 5.20. The lowest BCUT2D eigenvalue weighted by Gasteiger charge is -2.18. The Morgan fingerprint density at radius 3 is 2.60 bits per heavy atom. The first-order chi connectivity index (χ1) is 6.97. The van der Waals surface area contributed by atoms with Gasteiger partial charge in [-0.2, -0.15) is 0 Å². The molecule has 0 aliphatic heterocycles. The maximum Gasteiger partial charge on any atom is 0.334 e. The highest BCUT2D eigenvalue weighted by molar-refractivity contribution is 5.88. The van der Waals surface area contributed by atoms with E-state index in [9.17, 15) is 4.79 Å². The lowest BCUT2D eigenvalue weighted by atomic mass is 10.2. The molecular weight excluding hydrogens is 192 g/mol. The van der Waals surface area contributed by atoms with E-state index in [1.807, 2.05) is 14.1 Å². The lowest BCUT2D eigenvalue weighted by Crippen LogP contribution is -2.37. The van der Waals surface area contributed by atoms with Gasteiger partial charge in [0, 0.05) is 24.7 Å². The Bertz CT molecular complexity index is 215. The molecule has 1 N–H and O–H groups in total. The Morgan fingerprint density at radius 1 is 1.53 bits per heavy atom. The second-order valence-corrected chi connectivity index (χ2v) is 3.87. The number of ether oxygens (including phenoxy) is 1. The van der Waals surface area contributed by atoms with Crippen LogP contribution in [0.4, 0.5) is 0 Å². The van der Waals surface area contributed by atoms with Gasteiger partial charge >= 0.3 is 5.97 Å². The van der Waals surface area contributed by atoms with Gasteiger partial charge in [0.2, 0.25) is 0 Å². The number of carbonyl (C=O) groups excluding carboxylic acids is 1. The molecule has 4 heteroatoms. The third-order valence-corrected chi connectivity index (χ3v) is 1.87. The number of esters is 1. The lowest BCUT2D eigenvalue weighted by molar-refractivity contribution is -0.138. The van der Waals surface area contributed by atoms with E-state index >= 15 is 0 Å². The summed E-state index contributed by atoms with van der Waals surface area (Å²) in [5.74, 6) is -0.318. The zero-order chi connectivity index (χ0) is 11.8. The van der Waals surface area contributed by atoms with Crippen LogP contribution in [0.15, 0.2) is 12.2 Å². The van der Waals surface area contributed by atoms with Crippen LogP contribution in [-0.2, 0) is 9.53 Å². The van der Waals surface area contributed by atoms with E-state index in [0.717, 1.165) is 6.54 Å². The normalized spacial score (nSPS) is 12.6. The average molecular weight is 214 g/mol. The molecule has 88 valence electrons. The summed E-state index contributed by atoms with van der Waals surface area (Å²) in [7, 11) is 4.02. The molecule has 4 nitrogen and oxygen atoms in total. The van der Waals surface area contributed by atoms with Crippen molar-refractivity contribution in [3.8, 4) is 0 Å². The third-order valence-electron chi connectivity index (χ3n) is 1.87. The molecule has 1 unspecified atom stereocenters. The van der Waals surface area contributed by atoms with E-state index in [-0.39, 0.29) is 5.97 Å². The molecule has 0 aromatic carbocycles. The summed E-state index contributed by atoms with van der Waals surface area (Å²) in [5, 5.41) is 3.21. The second-order valence-electron chi connectivity index (χ2n) is 3.87. The summed E-state index contributed by atoms with van der Waals surface area (Å²) in [6.07, 6.45) is 0. The molecule has 1 atom stereocenters. The predicted octanol–water partition coefficient (Wildman–Crippen LogP) is 0.645. The molecule has 0 aliphatic rings. The molecule has 0 amide bonds. The first kappa shape index (κ1) is 14.1. The molecule has 0 saturated carbocycles. The second kappa shape index (κ2) is 7.43. The summed E-state index contributed by atoms with van der Waals surface area (Å²) in [6, 6.07) is 0.325. The Hall–Kier alpha value is -0.870. The zero-order valence-corrected chi connectivity index (χ0v) is 10.2. The Labute approximate surface area is 92.3 Å². The molecule has 0 aromatic rings. The fourth-order valence-electron chi connectivity index (χ4n) is 1.22. The minimum atomic E-state index is -0.318. The van der Waals surface area contributed by atoms with Crippen LogP contribution in [0.2, 0.25) is 0 Å². The molecular formula is C11H22N2O2. The molecule has 0 aromatic heterocycles. The molecule has 0 radical (unpaired) electrons. The number of carbonyl (C=O) groups is 1. The molecule has 0 fully saturated rings. The highest BCUT2D eigenvalue weighted by atomic mass is 16.5. The number of hydrogen-bond donors (Lipinski definition) is 1. The van der Waals surface area contributed by atoms with Gasteiger partial charge in [0.1, 0.15) is 0 Å².